The highest BCUT2D eigenvalue weighted by molar-refractivity contribution is 5.33. The molecule has 1 aromatic carbocycles. The first-order valence-corrected chi connectivity index (χ1v) is 5.70. The second kappa shape index (κ2) is 5.54. The maximum absolute atomic E-state index is 12.7. The summed E-state index contributed by atoms with van der Waals surface area (Å²) in [4.78, 5) is 0. The summed E-state index contributed by atoms with van der Waals surface area (Å²) in [6.07, 6.45) is -3.65. The topological polar surface area (TPSA) is 12.0 Å². The van der Waals surface area contributed by atoms with Gasteiger partial charge in [0.05, 0.1) is 5.56 Å². The molecular formula is C13H18F3N. The average molecular weight is 245 g/mol. The van der Waals surface area contributed by atoms with E-state index < -0.39 is 11.7 Å². The maximum Gasteiger partial charge on any atom is 0.416 e. The van der Waals surface area contributed by atoms with Gasteiger partial charge in [-0.15, -0.1) is 0 Å². The van der Waals surface area contributed by atoms with E-state index in [1.807, 2.05) is 19.9 Å². The van der Waals surface area contributed by atoms with Gasteiger partial charge in [0.15, 0.2) is 0 Å². The lowest BCUT2D eigenvalue weighted by molar-refractivity contribution is -0.137. The Morgan fingerprint density at radius 1 is 1.18 bits per heavy atom. The largest absolute Gasteiger partial charge is 0.416 e. The Balaban J connectivity index is 3.10. The van der Waals surface area contributed by atoms with E-state index in [1.165, 1.54) is 12.1 Å². The molecule has 0 bridgehead atoms. The molecule has 0 aromatic heterocycles. The van der Waals surface area contributed by atoms with E-state index in [-0.39, 0.29) is 5.92 Å². The summed E-state index contributed by atoms with van der Waals surface area (Å²) >= 11 is 0. The molecule has 0 saturated heterocycles. The molecule has 0 aliphatic rings. The molecule has 0 unspecified atom stereocenters. The molecule has 0 aliphatic heterocycles. The highest BCUT2D eigenvalue weighted by atomic mass is 19.4. The molecule has 0 fully saturated rings. The molecule has 0 aliphatic carbocycles. The van der Waals surface area contributed by atoms with Gasteiger partial charge in [-0.2, -0.15) is 13.2 Å². The first kappa shape index (κ1) is 14.0. The van der Waals surface area contributed by atoms with Crippen LogP contribution in [0.15, 0.2) is 18.2 Å². The smallest absolute Gasteiger partial charge is 0.319 e. The minimum absolute atomic E-state index is 0.102. The Morgan fingerprint density at radius 3 is 2.29 bits per heavy atom. The van der Waals surface area contributed by atoms with Crippen LogP contribution in [0.4, 0.5) is 13.2 Å². The van der Waals surface area contributed by atoms with Crippen LogP contribution in [0.2, 0.25) is 0 Å². The number of alkyl halides is 3. The van der Waals surface area contributed by atoms with Crippen LogP contribution < -0.4 is 5.32 Å². The number of likely N-dealkylation sites (N-methyl/N-ethyl adjacent to an activating group) is 1. The molecule has 1 rings (SSSR count). The van der Waals surface area contributed by atoms with E-state index in [0.29, 0.717) is 13.0 Å². The Labute approximate surface area is 100 Å². The van der Waals surface area contributed by atoms with Crippen LogP contribution in [0.25, 0.3) is 0 Å². The summed E-state index contributed by atoms with van der Waals surface area (Å²) in [6.45, 7) is 4.48. The van der Waals surface area contributed by atoms with Gasteiger partial charge < -0.3 is 5.32 Å². The van der Waals surface area contributed by atoms with Crippen molar-refractivity contribution in [1.29, 1.82) is 0 Å². The molecule has 1 nitrogen and oxygen atoms in total. The highest BCUT2D eigenvalue weighted by Crippen LogP contribution is 2.32. The SMILES string of the molecule is CNCCc1cc(C(C)C)cc(C(F)(F)F)c1. The van der Waals surface area contributed by atoms with Crippen LogP contribution in [-0.2, 0) is 12.6 Å². The zero-order valence-electron chi connectivity index (χ0n) is 10.4. The molecule has 1 N–H and O–H groups in total. The first-order valence-electron chi connectivity index (χ1n) is 5.70. The van der Waals surface area contributed by atoms with Crippen molar-refractivity contribution in [2.45, 2.75) is 32.4 Å². The third-order valence-corrected chi connectivity index (χ3v) is 2.67. The minimum atomic E-state index is -4.26. The van der Waals surface area contributed by atoms with Crippen molar-refractivity contribution in [2.75, 3.05) is 13.6 Å². The number of hydrogen-bond donors (Lipinski definition) is 1. The van der Waals surface area contributed by atoms with Gasteiger partial charge in [0.2, 0.25) is 0 Å². The standard InChI is InChI=1S/C13H18F3N/c1-9(2)11-6-10(4-5-17-3)7-12(8-11)13(14,15)16/h6-9,17H,4-5H2,1-3H3. The van der Waals surface area contributed by atoms with Gasteiger partial charge in [-0.25, -0.2) is 0 Å². The zero-order valence-corrected chi connectivity index (χ0v) is 10.4. The molecular weight excluding hydrogens is 227 g/mol. The fourth-order valence-corrected chi connectivity index (χ4v) is 1.63. The van der Waals surface area contributed by atoms with Crippen molar-refractivity contribution in [3.05, 3.63) is 34.9 Å². The molecule has 1 aromatic rings. The number of rotatable bonds is 4. The molecule has 0 spiro atoms. The van der Waals surface area contributed by atoms with Crippen LogP contribution >= 0.6 is 0 Å². The van der Waals surface area contributed by atoms with Crippen LogP contribution in [0.3, 0.4) is 0 Å². The molecule has 17 heavy (non-hydrogen) atoms. The lowest BCUT2D eigenvalue weighted by Gasteiger charge is -2.14. The predicted octanol–water partition coefficient (Wildman–Crippen LogP) is 3.59. The van der Waals surface area contributed by atoms with E-state index in [2.05, 4.69) is 5.32 Å². The molecule has 0 heterocycles. The second-order valence-electron chi connectivity index (χ2n) is 4.47. The minimum Gasteiger partial charge on any atom is -0.319 e. The van der Waals surface area contributed by atoms with Crippen LogP contribution in [0.1, 0.15) is 36.5 Å². The van der Waals surface area contributed by atoms with Gasteiger partial charge in [0.25, 0.3) is 0 Å². The monoisotopic (exact) mass is 245 g/mol. The number of hydrogen-bond acceptors (Lipinski definition) is 1. The maximum atomic E-state index is 12.7. The van der Waals surface area contributed by atoms with Crippen molar-refractivity contribution in [3.8, 4) is 0 Å². The molecule has 0 atom stereocenters. The first-order chi connectivity index (χ1) is 7.84. The summed E-state index contributed by atoms with van der Waals surface area (Å²) in [7, 11) is 1.79. The predicted molar refractivity (Wildman–Crippen MR) is 63.2 cm³/mol. The van der Waals surface area contributed by atoms with Crippen LogP contribution in [-0.4, -0.2) is 13.6 Å². The molecule has 0 saturated carbocycles. The Morgan fingerprint density at radius 2 is 1.82 bits per heavy atom. The fraction of sp³-hybridized carbons (Fsp3) is 0.538. The summed E-state index contributed by atoms with van der Waals surface area (Å²) < 4.78 is 38.2. The summed E-state index contributed by atoms with van der Waals surface area (Å²) in [5, 5.41) is 2.94. The third-order valence-electron chi connectivity index (χ3n) is 2.67. The zero-order chi connectivity index (χ0) is 13.1. The van der Waals surface area contributed by atoms with Gasteiger partial charge >= 0.3 is 6.18 Å². The number of benzene rings is 1. The van der Waals surface area contributed by atoms with E-state index in [4.69, 9.17) is 0 Å². The van der Waals surface area contributed by atoms with Crippen molar-refractivity contribution in [3.63, 3.8) is 0 Å². The van der Waals surface area contributed by atoms with Crippen molar-refractivity contribution >= 4 is 0 Å². The van der Waals surface area contributed by atoms with Gasteiger partial charge in [-0.05, 0) is 49.2 Å². The number of halogens is 3. The van der Waals surface area contributed by atoms with Gasteiger partial charge in [-0.1, -0.05) is 19.9 Å². The van der Waals surface area contributed by atoms with Crippen LogP contribution in [0.5, 0.6) is 0 Å². The Bertz CT molecular complexity index is 369. The lowest BCUT2D eigenvalue weighted by Crippen LogP contribution is -2.12. The van der Waals surface area contributed by atoms with E-state index in [0.717, 1.165) is 11.1 Å². The van der Waals surface area contributed by atoms with E-state index in [9.17, 15) is 13.2 Å². The quantitative estimate of drug-likeness (QED) is 0.854. The summed E-state index contributed by atoms with van der Waals surface area (Å²) in [6, 6.07) is 4.34. The van der Waals surface area contributed by atoms with Crippen molar-refractivity contribution < 1.29 is 13.2 Å². The third kappa shape index (κ3) is 4.04. The average Bonchev–Trinajstić information content (AvgIpc) is 2.24. The van der Waals surface area contributed by atoms with Crippen molar-refractivity contribution in [2.24, 2.45) is 0 Å². The lowest BCUT2D eigenvalue weighted by atomic mass is 9.96. The molecule has 0 radical (unpaired) electrons. The van der Waals surface area contributed by atoms with Gasteiger partial charge in [-0.3, -0.25) is 0 Å². The summed E-state index contributed by atoms with van der Waals surface area (Å²) in [5.74, 6) is 0.102. The highest BCUT2D eigenvalue weighted by Gasteiger charge is 2.31. The molecule has 0 amide bonds. The number of nitrogens with one attached hydrogen (secondary N) is 1. The summed E-state index contributed by atoms with van der Waals surface area (Å²) in [5.41, 5.74) is 0.929. The van der Waals surface area contributed by atoms with Crippen molar-refractivity contribution in [1.82, 2.24) is 5.32 Å². The van der Waals surface area contributed by atoms with Gasteiger partial charge in [0.1, 0.15) is 0 Å². The molecule has 96 valence electrons. The molecule has 4 heteroatoms. The van der Waals surface area contributed by atoms with E-state index >= 15 is 0 Å². The normalized spacial score (nSPS) is 12.2. The second-order valence-corrected chi connectivity index (χ2v) is 4.47. The van der Waals surface area contributed by atoms with E-state index in [1.54, 1.807) is 7.05 Å². The Kier molecular flexibility index (Phi) is 4.57. The fourth-order valence-electron chi connectivity index (χ4n) is 1.63. The Hall–Kier alpha value is -1.03. The van der Waals surface area contributed by atoms with Gasteiger partial charge in [0, 0.05) is 0 Å². The van der Waals surface area contributed by atoms with Crippen LogP contribution in [0, 0.1) is 0 Å².